The molecular weight excluding hydrogens is 255 g/mol. The second kappa shape index (κ2) is 6.35. The molecular formula is C16H23FN2O. The molecule has 1 aliphatic carbocycles. The number of amides is 1. The van der Waals surface area contributed by atoms with Gasteiger partial charge in [-0.05, 0) is 44.4 Å². The van der Waals surface area contributed by atoms with Crippen LogP contribution in [0.5, 0.6) is 0 Å². The summed E-state index contributed by atoms with van der Waals surface area (Å²) in [5.41, 5.74) is 1.05. The second-order valence-corrected chi connectivity index (χ2v) is 5.86. The van der Waals surface area contributed by atoms with Gasteiger partial charge >= 0.3 is 0 Å². The van der Waals surface area contributed by atoms with Crippen LogP contribution in [0.25, 0.3) is 0 Å². The molecule has 110 valence electrons. The Balaban J connectivity index is 1.97. The Morgan fingerprint density at radius 1 is 1.30 bits per heavy atom. The standard InChI is InChI=1S/C16H23FN2O/c1-12(2)18(3)16(20)11-19(15-8-9-15)10-13-4-6-14(17)7-5-13/h4-7,12,15H,8-11H2,1-3H3. The fourth-order valence-electron chi connectivity index (χ4n) is 2.15. The number of carbonyl (C=O) groups is 1. The lowest BCUT2D eigenvalue weighted by molar-refractivity contribution is -0.132. The van der Waals surface area contributed by atoms with Crippen LogP contribution in [0.15, 0.2) is 24.3 Å². The molecule has 0 heterocycles. The predicted octanol–water partition coefficient (Wildman–Crippen LogP) is 2.66. The van der Waals surface area contributed by atoms with Gasteiger partial charge in [-0.2, -0.15) is 0 Å². The van der Waals surface area contributed by atoms with Crippen molar-refractivity contribution < 1.29 is 9.18 Å². The number of benzene rings is 1. The third-order valence-electron chi connectivity index (χ3n) is 3.87. The lowest BCUT2D eigenvalue weighted by Gasteiger charge is -2.27. The van der Waals surface area contributed by atoms with Gasteiger partial charge in [0.05, 0.1) is 6.54 Å². The summed E-state index contributed by atoms with van der Waals surface area (Å²) in [6.07, 6.45) is 2.31. The number of halogens is 1. The van der Waals surface area contributed by atoms with Gasteiger partial charge in [-0.1, -0.05) is 12.1 Å². The smallest absolute Gasteiger partial charge is 0.236 e. The Morgan fingerprint density at radius 3 is 2.40 bits per heavy atom. The van der Waals surface area contributed by atoms with Gasteiger partial charge in [-0.15, -0.1) is 0 Å². The van der Waals surface area contributed by atoms with Gasteiger partial charge in [0, 0.05) is 25.7 Å². The van der Waals surface area contributed by atoms with Gasteiger partial charge in [0.15, 0.2) is 0 Å². The maximum Gasteiger partial charge on any atom is 0.236 e. The second-order valence-electron chi connectivity index (χ2n) is 5.86. The minimum Gasteiger partial charge on any atom is -0.342 e. The zero-order valence-electron chi connectivity index (χ0n) is 12.5. The quantitative estimate of drug-likeness (QED) is 0.798. The van der Waals surface area contributed by atoms with Crippen LogP contribution in [0.2, 0.25) is 0 Å². The number of hydrogen-bond acceptors (Lipinski definition) is 2. The monoisotopic (exact) mass is 278 g/mol. The highest BCUT2D eigenvalue weighted by molar-refractivity contribution is 5.78. The van der Waals surface area contributed by atoms with Crippen LogP contribution in [0.1, 0.15) is 32.3 Å². The summed E-state index contributed by atoms with van der Waals surface area (Å²) in [5.74, 6) is -0.0728. The van der Waals surface area contributed by atoms with Crippen LogP contribution in [0, 0.1) is 5.82 Å². The number of likely N-dealkylation sites (N-methyl/N-ethyl adjacent to an activating group) is 1. The average molecular weight is 278 g/mol. The van der Waals surface area contributed by atoms with E-state index in [1.165, 1.54) is 12.1 Å². The van der Waals surface area contributed by atoms with Crippen molar-refractivity contribution in [3.8, 4) is 0 Å². The highest BCUT2D eigenvalue weighted by Crippen LogP contribution is 2.28. The van der Waals surface area contributed by atoms with E-state index in [0.29, 0.717) is 19.1 Å². The van der Waals surface area contributed by atoms with E-state index in [9.17, 15) is 9.18 Å². The third-order valence-corrected chi connectivity index (χ3v) is 3.87. The van der Waals surface area contributed by atoms with Gasteiger partial charge in [0.25, 0.3) is 0 Å². The van der Waals surface area contributed by atoms with E-state index < -0.39 is 0 Å². The minimum absolute atomic E-state index is 0.147. The molecule has 1 saturated carbocycles. The molecule has 1 aliphatic rings. The highest BCUT2D eigenvalue weighted by Gasteiger charge is 2.31. The highest BCUT2D eigenvalue weighted by atomic mass is 19.1. The summed E-state index contributed by atoms with van der Waals surface area (Å²) in [4.78, 5) is 16.2. The molecule has 0 aromatic heterocycles. The zero-order chi connectivity index (χ0) is 14.7. The van der Waals surface area contributed by atoms with Gasteiger partial charge in [-0.25, -0.2) is 4.39 Å². The molecule has 3 nitrogen and oxygen atoms in total. The predicted molar refractivity (Wildman–Crippen MR) is 77.7 cm³/mol. The van der Waals surface area contributed by atoms with Gasteiger partial charge in [-0.3, -0.25) is 9.69 Å². The fourth-order valence-corrected chi connectivity index (χ4v) is 2.15. The Kier molecular flexibility index (Phi) is 4.76. The van der Waals surface area contributed by atoms with Crippen molar-refractivity contribution in [1.82, 2.24) is 9.80 Å². The summed E-state index contributed by atoms with van der Waals surface area (Å²) in [5, 5.41) is 0. The molecule has 0 saturated heterocycles. The molecule has 0 spiro atoms. The summed E-state index contributed by atoms with van der Waals surface area (Å²) in [7, 11) is 1.84. The zero-order valence-corrected chi connectivity index (χ0v) is 12.5. The van der Waals surface area contributed by atoms with Gasteiger partial charge in [0.1, 0.15) is 5.82 Å². The molecule has 1 aromatic carbocycles. The van der Waals surface area contributed by atoms with E-state index >= 15 is 0 Å². The fraction of sp³-hybridized carbons (Fsp3) is 0.562. The summed E-state index contributed by atoms with van der Waals surface area (Å²) >= 11 is 0. The molecule has 0 unspecified atom stereocenters. The van der Waals surface area contributed by atoms with Crippen molar-refractivity contribution in [1.29, 1.82) is 0 Å². The molecule has 0 aliphatic heterocycles. The lowest BCUT2D eigenvalue weighted by Crippen LogP contribution is -2.42. The number of carbonyl (C=O) groups excluding carboxylic acids is 1. The topological polar surface area (TPSA) is 23.6 Å². The Hall–Kier alpha value is -1.42. The van der Waals surface area contributed by atoms with Crippen LogP contribution in [0.4, 0.5) is 4.39 Å². The van der Waals surface area contributed by atoms with E-state index in [4.69, 9.17) is 0 Å². The van der Waals surface area contributed by atoms with Crippen LogP contribution >= 0.6 is 0 Å². The average Bonchev–Trinajstić information content (AvgIpc) is 3.23. The van der Waals surface area contributed by atoms with Crippen molar-refractivity contribution in [3.05, 3.63) is 35.6 Å². The molecule has 0 bridgehead atoms. The van der Waals surface area contributed by atoms with Crippen molar-refractivity contribution in [2.75, 3.05) is 13.6 Å². The summed E-state index contributed by atoms with van der Waals surface area (Å²) in [6, 6.07) is 7.26. The Labute approximate surface area is 120 Å². The van der Waals surface area contributed by atoms with Crippen molar-refractivity contribution in [2.24, 2.45) is 0 Å². The first-order valence-electron chi connectivity index (χ1n) is 7.21. The first-order valence-corrected chi connectivity index (χ1v) is 7.21. The molecule has 1 aromatic rings. The van der Waals surface area contributed by atoms with Crippen LogP contribution in [-0.2, 0) is 11.3 Å². The van der Waals surface area contributed by atoms with Gasteiger partial charge < -0.3 is 4.90 Å². The van der Waals surface area contributed by atoms with E-state index in [-0.39, 0.29) is 17.8 Å². The largest absolute Gasteiger partial charge is 0.342 e. The molecule has 4 heteroatoms. The van der Waals surface area contributed by atoms with Crippen LogP contribution in [-0.4, -0.2) is 41.4 Å². The number of nitrogens with zero attached hydrogens (tertiary/aromatic N) is 2. The molecule has 0 radical (unpaired) electrons. The molecule has 0 atom stereocenters. The van der Waals surface area contributed by atoms with E-state index in [0.717, 1.165) is 18.4 Å². The van der Waals surface area contributed by atoms with Crippen LogP contribution < -0.4 is 0 Å². The van der Waals surface area contributed by atoms with E-state index in [1.54, 1.807) is 17.0 Å². The Bertz CT molecular complexity index is 454. The first-order chi connectivity index (χ1) is 9.47. The lowest BCUT2D eigenvalue weighted by atomic mass is 10.2. The molecule has 1 fully saturated rings. The molecule has 0 N–H and O–H groups in total. The first kappa shape index (κ1) is 15.0. The SMILES string of the molecule is CC(C)N(C)C(=O)CN(Cc1ccc(F)cc1)C1CC1. The van der Waals surface area contributed by atoms with Crippen molar-refractivity contribution in [3.63, 3.8) is 0 Å². The summed E-state index contributed by atoms with van der Waals surface area (Å²) < 4.78 is 12.9. The Morgan fingerprint density at radius 2 is 1.90 bits per heavy atom. The minimum atomic E-state index is -0.220. The normalized spacial score (nSPS) is 14.9. The van der Waals surface area contributed by atoms with E-state index in [1.807, 2.05) is 20.9 Å². The molecule has 20 heavy (non-hydrogen) atoms. The third kappa shape index (κ3) is 4.04. The van der Waals surface area contributed by atoms with E-state index in [2.05, 4.69) is 4.90 Å². The van der Waals surface area contributed by atoms with Crippen LogP contribution in [0.3, 0.4) is 0 Å². The van der Waals surface area contributed by atoms with Gasteiger partial charge in [0.2, 0.25) is 5.91 Å². The van der Waals surface area contributed by atoms with Crippen molar-refractivity contribution in [2.45, 2.75) is 45.3 Å². The number of rotatable bonds is 6. The van der Waals surface area contributed by atoms with Crippen molar-refractivity contribution >= 4 is 5.91 Å². The molecule has 1 amide bonds. The maximum atomic E-state index is 12.9. The molecule has 2 rings (SSSR count). The summed E-state index contributed by atoms with van der Waals surface area (Å²) in [6.45, 7) is 5.18. The number of hydrogen-bond donors (Lipinski definition) is 0. The maximum absolute atomic E-state index is 12.9.